The van der Waals surface area contributed by atoms with Crippen LogP contribution in [0, 0.1) is 0 Å². The lowest BCUT2D eigenvalue weighted by atomic mass is 10.2. The van der Waals surface area contributed by atoms with Crippen molar-refractivity contribution in [2.45, 2.75) is 38.6 Å². The van der Waals surface area contributed by atoms with Gasteiger partial charge in [0.05, 0.1) is 35.7 Å². The molecule has 2 amide bonds. The summed E-state index contributed by atoms with van der Waals surface area (Å²) in [5.41, 5.74) is 1.87. The number of aromatic nitrogens is 5. The Morgan fingerprint density at radius 2 is 1.81 bits per heavy atom. The third kappa shape index (κ3) is 4.97. The number of carbonyl (C=O) groups is 2. The van der Waals surface area contributed by atoms with Gasteiger partial charge in [-0.25, -0.2) is 24.9 Å². The first kappa shape index (κ1) is 20.3. The van der Waals surface area contributed by atoms with Crippen molar-refractivity contribution in [2.75, 3.05) is 10.6 Å². The van der Waals surface area contributed by atoms with Gasteiger partial charge in [0, 0.05) is 18.2 Å². The van der Waals surface area contributed by atoms with Crippen LogP contribution in [0.25, 0.3) is 0 Å². The fraction of sp³-hybridized carbons (Fsp3) is 0.286. The highest BCUT2D eigenvalue weighted by atomic mass is 16.2. The van der Waals surface area contributed by atoms with Crippen LogP contribution in [0.1, 0.15) is 59.3 Å². The number of anilines is 3. The molecule has 1 aliphatic rings. The fourth-order valence-corrected chi connectivity index (χ4v) is 2.93. The minimum Gasteiger partial charge on any atom is -0.348 e. The molecule has 10 nitrogen and oxygen atoms in total. The van der Waals surface area contributed by atoms with Crippen molar-refractivity contribution in [3.63, 3.8) is 0 Å². The SMILES string of the molecule is CC(C)NC(=O)c1ncccc1NC(=O)c1nc(C2CC2)cnc1Nc1cncnc1. The fourth-order valence-electron chi connectivity index (χ4n) is 2.93. The average molecular weight is 418 g/mol. The Balaban J connectivity index is 1.63. The quantitative estimate of drug-likeness (QED) is 0.533. The second-order valence-corrected chi connectivity index (χ2v) is 7.50. The Bertz CT molecular complexity index is 1100. The Hall–Kier alpha value is -3.95. The zero-order valence-electron chi connectivity index (χ0n) is 17.2. The Morgan fingerprint density at radius 1 is 1.03 bits per heavy atom. The summed E-state index contributed by atoms with van der Waals surface area (Å²) in [5, 5.41) is 8.57. The van der Waals surface area contributed by atoms with E-state index in [1.54, 1.807) is 30.7 Å². The zero-order valence-corrected chi connectivity index (χ0v) is 17.2. The summed E-state index contributed by atoms with van der Waals surface area (Å²) in [6, 6.07) is 3.20. The summed E-state index contributed by atoms with van der Waals surface area (Å²) in [6.07, 6.45) is 9.77. The van der Waals surface area contributed by atoms with E-state index in [1.807, 2.05) is 13.8 Å². The van der Waals surface area contributed by atoms with Crippen LogP contribution in [0.2, 0.25) is 0 Å². The van der Waals surface area contributed by atoms with E-state index in [0.717, 1.165) is 18.5 Å². The molecule has 158 valence electrons. The molecular formula is C21H22N8O2. The molecule has 3 aromatic heterocycles. The van der Waals surface area contributed by atoms with E-state index >= 15 is 0 Å². The van der Waals surface area contributed by atoms with E-state index in [0.29, 0.717) is 17.3 Å². The highest BCUT2D eigenvalue weighted by Crippen LogP contribution is 2.39. The monoisotopic (exact) mass is 418 g/mol. The van der Waals surface area contributed by atoms with Crippen molar-refractivity contribution >= 4 is 29.0 Å². The van der Waals surface area contributed by atoms with Crippen LogP contribution >= 0.6 is 0 Å². The normalized spacial score (nSPS) is 13.0. The van der Waals surface area contributed by atoms with Gasteiger partial charge in [-0.15, -0.1) is 0 Å². The minimum atomic E-state index is -0.499. The summed E-state index contributed by atoms with van der Waals surface area (Å²) in [5.74, 6) is -0.280. The number of amides is 2. The number of rotatable bonds is 7. The molecule has 10 heteroatoms. The van der Waals surface area contributed by atoms with Crippen molar-refractivity contribution < 1.29 is 9.59 Å². The molecule has 3 aromatic rings. The number of carbonyl (C=O) groups excluding carboxylic acids is 2. The Kier molecular flexibility index (Phi) is 5.78. The number of hydrogen-bond acceptors (Lipinski definition) is 8. The predicted octanol–water partition coefficient (Wildman–Crippen LogP) is 2.67. The molecule has 0 unspecified atom stereocenters. The Labute approximate surface area is 179 Å². The first-order valence-corrected chi connectivity index (χ1v) is 9.97. The van der Waals surface area contributed by atoms with Gasteiger partial charge in [0.1, 0.15) is 6.33 Å². The van der Waals surface area contributed by atoms with Crippen molar-refractivity contribution in [1.29, 1.82) is 0 Å². The van der Waals surface area contributed by atoms with Crippen molar-refractivity contribution in [2.24, 2.45) is 0 Å². The second-order valence-electron chi connectivity index (χ2n) is 7.50. The zero-order chi connectivity index (χ0) is 21.8. The molecule has 4 rings (SSSR count). The molecule has 1 fully saturated rings. The van der Waals surface area contributed by atoms with Gasteiger partial charge < -0.3 is 16.0 Å². The van der Waals surface area contributed by atoms with E-state index in [2.05, 4.69) is 40.9 Å². The summed E-state index contributed by atoms with van der Waals surface area (Å²) in [6.45, 7) is 3.70. The summed E-state index contributed by atoms with van der Waals surface area (Å²) >= 11 is 0. The van der Waals surface area contributed by atoms with E-state index < -0.39 is 5.91 Å². The molecule has 1 aliphatic carbocycles. The molecule has 0 spiro atoms. The molecule has 0 saturated heterocycles. The standard InChI is InChI=1S/C21H22N8O2/c1-12(2)26-20(30)17-15(4-3-7-24-17)29-21(31)18-19(27-14-8-22-11-23-9-14)25-10-16(28-18)13-5-6-13/h3-4,7-13H,5-6H2,1-2H3,(H,25,27)(H,26,30)(H,29,31). The highest BCUT2D eigenvalue weighted by molar-refractivity contribution is 6.09. The number of pyridine rings is 1. The molecule has 0 atom stereocenters. The van der Waals surface area contributed by atoms with E-state index in [4.69, 9.17) is 0 Å². The summed E-state index contributed by atoms with van der Waals surface area (Å²) in [7, 11) is 0. The molecule has 0 bridgehead atoms. The topological polar surface area (TPSA) is 135 Å². The maximum atomic E-state index is 13.2. The smallest absolute Gasteiger partial charge is 0.278 e. The predicted molar refractivity (Wildman–Crippen MR) is 114 cm³/mol. The van der Waals surface area contributed by atoms with E-state index in [9.17, 15) is 9.59 Å². The minimum absolute atomic E-state index is 0.0666. The number of nitrogens with zero attached hydrogens (tertiary/aromatic N) is 5. The molecule has 1 saturated carbocycles. The maximum Gasteiger partial charge on any atom is 0.278 e. The maximum absolute atomic E-state index is 13.2. The van der Waals surface area contributed by atoms with Gasteiger partial charge in [0.25, 0.3) is 11.8 Å². The van der Waals surface area contributed by atoms with Gasteiger partial charge >= 0.3 is 0 Å². The molecule has 0 aliphatic heterocycles. The van der Waals surface area contributed by atoms with Crippen LogP contribution < -0.4 is 16.0 Å². The van der Waals surface area contributed by atoms with Gasteiger partial charge in [0.2, 0.25) is 0 Å². The van der Waals surface area contributed by atoms with E-state index in [-0.39, 0.29) is 29.2 Å². The molecule has 3 heterocycles. The third-order valence-corrected chi connectivity index (χ3v) is 4.52. The van der Waals surface area contributed by atoms with Crippen molar-refractivity contribution in [1.82, 2.24) is 30.2 Å². The van der Waals surface area contributed by atoms with Crippen molar-refractivity contribution in [3.8, 4) is 0 Å². The highest BCUT2D eigenvalue weighted by Gasteiger charge is 2.28. The van der Waals surface area contributed by atoms with Gasteiger partial charge in [-0.3, -0.25) is 9.59 Å². The van der Waals surface area contributed by atoms with Gasteiger partial charge in [-0.1, -0.05) is 0 Å². The molecule has 31 heavy (non-hydrogen) atoms. The van der Waals surface area contributed by atoms with Gasteiger partial charge in [-0.2, -0.15) is 0 Å². The van der Waals surface area contributed by atoms with Crippen LogP contribution in [-0.4, -0.2) is 42.8 Å². The molecular weight excluding hydrogens is 396 g/mol. The number of hydrogen-bond donors (Lipinski definition) is 3. The molecule has 3 N–H and O–H groups in total. The van der Waals surface area contributed by atoms with Crippen LogP contribution in [0.5, 0.6) is 0 Å². The van der Waals surface area contributed by atoms with Crippen LogP contribution in [-0.2, 0) is 0 Å². The van der Waals surface area contributed by atoms with Crippen molar-refractivity contribution in [3.05, 3.63) is 60.3 Å². The largest absolute Gasteiger partial charge is 0.348 e. The molecule has 0 radical (unpaired) electrons. The number of nitrogens with one attached hydrogen (secondary N) is 3. The summed E-state index contributed by atoms with van der Waals surface area (Å²) < 4.78 is 0. The summed E-state index contributed by atoms with van der Waals surface area (Å²) in [4.78, 5) is 46.7. The average Bonchev–Trinajstić information content (AvgIpc) is 3.60. The first-order chi connectivity index (χ1) is 15.0. The molecule has 0 aromatic carbocycles. The third-order valence-electron chi connectivity index (χ3n) is 4.52. The van der Waals surface area contributed by atoms with Gasteiger partial charge in [-0.05, 0) is 38.8 Å². The lowest BCUT2D eigenvalue weighted by Crippen LogP contribution is -2.32. The Morgan fingerprint density at radius 3 is 2.52 bits per heavy atom. The van der Waals surface area contributed by atoms with Crippen LogP contribution in [0.4, 0.5) is 17.2 Å². The van der Waals surface area contributed by atoms with Crippen LogP contribution in [0.15, 0.2) is 43.2 Å². The van der Waals surface area contributed by atoms with Crippen LogP contribution in [0.3, 0.4) is 0 Å². The van der Waals surface area contributed by atoms with Gasteiger partial charge in [0.15, 0.2) is 17.2 Å². The first-order valence-electron chi connectivity index (χ1n) is 9.97. The second kappa shape index (κ2) is 8.82. The lowest BCUT2D eigenvalue weighted by Gasteiger charge is -2.14. The van der Waals surface area contributed by atoms with E-state index in [1.165, 1.54) is 12.5 Å². The lowest BCUT2D eigenvalue weighted by molar-refractivity contribution is 0.0939.